The highest BCUT2D eigenvalue weighted by atomic mass is 19.1. The van der Waals surface area contributed by atoms with E-state index in [1.165, 1.54) is 11.6 Å². The molecule has 3 heteroatoms. The average Bonchev–Trinajstić information content (AvgIpc) is 2.42. The second kappa shape index (κ2) is 6.06. The van der Waals surface area contributed by atoms with E-state index in [0.29, 0.717) is 11.3 Å². The largest absolute Gasteiger partial charge is 0.457 e. The van der Waals surface area contributed by atoms with Crippen molar-refractivity contribution in [2.24, 2.45) is 0 Å². The van der Waals surface area contributed by atoms with Gasteiger partial charge in [-0.15, -0.1) is 0 Å². The Bertz CT molecular complexity index is 610. The van der Waals surface area contributed by atoms with Crippen molar-refractivity contribution in [2.75, 3.05) is 7.05 Å². The lowest BCUT2D eigenvalue weighted by molar-refractivity contribution is 0.452. The van der Waals surface area contributed by atoms with Crippen LogP contribution in [0.15, 0.2) is 36.4 Å². The maximum Gasteiger partial charge on any atom is 0.135 e. The summed E-state index contributed by atoms with van der Waals surface area (Å²) in [6.45, 7) is 5.99. The monoisotopic (exact) mass is 273 g/mol. The molecule has 0 heterocycles. The molecular formula is C17H20FNO. The van der Waals surface area contributed by atoms with Crippen molar-refractivity contribution in [3.05, 3.63) is 58.9 Å². The van der Waals surface area contributed by atoms with Gasteiger partial charge in [0.2, 0.25) is 0 Å². The number of hydrogen-bond donors (Lipinski definition) is 1. The third kappa shape index (κ3) is 2.99. The number of halogens is 1. The number of hydrogen-bond acceptors (Lipinski definition) is 2. The van der Waals surface area contributed by atoms with E-state index in [-0.39, 0.29) is 11.9 Å². The minimum atomic E-state index is -0.256. The van der Waals surface area contributed by atoms with Crippen LogP contribution in [-0.4, -0.2) is 7.05 Å². The SMILES string of the molecule is CNC(C)c1c(F)cccc1Oc1ccc(C)c(C)c1. The fraction of sp³-hybridized carbons (Fsp3) is 0.294. The first kappa shape index (κ1) is 14.5. The quantitative estimate of drug-likeness (QED) is 0.884. The van der Waals surface area contributed by atoms with Gasteiger partial charge >= 0.3 is 0 Å². The molecule has 0 aliphatic rings. The molecule has 1 atom stereocenters. The molecule has 20 heavy (non-hydrogen) atoms. The summed E-state index contributed by atoms with van der Waals surface area (Å²) < 4.78 is 19.9. The average molecular weight is 273 g/mol. The van der Waals surface area contributed by atoms with Gasteiger partial charge < -0.3 is 10.1 Å². The Kier molecular flexibility index (Phi) is 4.40. The molecule has 0 saturated carbocycles. The summed E-state index contributed by atoms with van der Waals surface area (Å²) in [5.74, 6) is 1.02. The third-order valence-corrected chi connectivity index (χ3v) is 3.59. The van der Waals surface area contributed by atoms with Crippen LogP contribution in [0.2, 0.25) is 0 Å². The van der Waals surface area contributed by atoms with E-state index in [9.17, 15) is 4.39 Å². The summed E-state index contributed by atoms with van der Waals surface area (Å²) in [4.78, 5) is 0. The molecule has 106 valence electrons. The summed E-state index contributed by atoms with van der Waals surface area (Å²) in [6, 6.07) is 10.7. The fourth-order valence-corrected chi connectivity index (χ4v) is 2.08. The van der Waals surface area contributed by atoms with Gasteiger partial charge in [0.1, 0.15) is 17.3 Å². The van der Waals surface area contributed by atoms with Gasteiger partial charge in [0, 0.05) is 11.6 Å². The normalized spacial score (nSPS) is 12.2. The molecule has 2 nitrogen and oxygen atoms in total. The molecule has 1 unspecified atom stereocenters. The topological polar surface area (TPSA) is 21.3 Å². The molecule has 0 fully saturated rings. The van der Waals surface area contributed by atoms with E-state index in [4.69, 9.17) is 4.74 Å². The zero-order chi connectivity index (χ0) is 14.7. The molecule has 2 rings (SSSR count). The first-order chi connectivity index (χ1) is 9.52. The van der Waals surface area contributed by atoms with Gasteiger partial charge in [-0.25, -0.2) is 4.39 Å². The lowest BCUT2D eigenvalue weighted by atomic mass is 10.1. The van der Waals surface area contributed by atoms with Crippen molar-refractivity contribution >= 4 is 0 Å². The van der Waals surface area contributed by atoms with Crippen molar-refractivity contribution < 1.29 is 9.13 Å². The third-order valence-electron chi connectivity index (χ3n) is 3.59. The van der Waals surface area contributed by atoms with E-state index in [2.05, 4.69) is 12.2 Å². The minimum absolute atomic E-state index is 0.113. The zero-order valence-electron chi connectivity index (χ0n) is 12.3. The first-order valence-corrected chi connectivity index (χ1v) is 6.73. The molecule has 0 radical (unpaired) electrons. The summed E-state index contributed by atoms with van der Waals surface area (Å²) in [6.07, 6.45) is 0. The summed E-state index contributed by atoms with van der Waals surface area (Å²) in [5.41, 5.74) is 2.91. The van der Waals surface area contributed by atoms with Crippen LogP contribution in [0.4, 0.5) is 4.39 Å². The number of nitrogens with one attached hydrogen (secondary N) is 1. The van der Waals surface area contributed by atoms with Crippen LogP contribution in [0.5, 0.6) is 11.5 Å². The highest BCUT2D eigenvalue weighted by molar-refractivity contribution is 5.42. The lowest BCUT2D eigenvalue weighted by Crippen LogP contribution is -2.14. The van der Waals surface area contributed by atoms with Gasteiger partial charge in [0.05, 0.1) is 0 Å². The number of aryl methyl sites for hydroxylation is 2. The van der Waals surface area contributed by atoms with Crippen LogP contribution in [0.3, 0.4) is 0 Å². The van der Waals surface area contributed by atoms with Gasteiger partial charge in [-0.1, -0.05) is 12.1 Å². The Morgan fingerprint density at radius 2 is 1.85 bits per heavy atom. The molecule has 0 aliphatic carbocycles. The van der Waals surface area contributed by atoms with Crippen molar-refractivity contribution in [2.45, 2.75) is 26.8 Å². The Labute approximate surface area is 119 Å². The smallest absolute Gasteiger partial charge is 0.135 e. The van der Waals surface area contributed by atoms with Crippen molar-refractivity contribution in [1.82, 2.24) is 5.32 Å². The number of benzene rings is 2. The van der Waals surface area contributed by atoms with Crippen LogP contribution >= 0.6 is 0 Å². The van der Waals surface area contributed by atoms with Gasteiger partial charge in [0.25, 0.3) is 0 Å². The molecule has 0 aliphatic heterocycles. The van der Waals surface area contributed by atoms with Crippen LogP contribution in [0.1, 0.15) is 29.7 Å². The maximum absolute atomic E-state index is 14.0. The van der Waals surface area contributed by atoms with E-state index in [0.717, 1.165) is 11.3 Å². The van der Waals surface area contributed by atoms with Crippen molar-refractivity contribution in [1.29, 1.82) is 0 Å². The predicted molar refractivity (Wildman–Crippen MR) is 79.9 cm³/mol. The van der Waals surface area contributed by atoms with Gasteiger partial charge in [-0.2, -0.15) is 0 Å². The van der Waals surface area contributed by atoms with Crippen molar-refractivity contribution in [3.63, 3.8) is 0 Å². The highest BCUT2D eigenvalue weighted by Crippen LogP contribution is 2.32. The second-order valence-corrected chi connectivity index (χ2v) is 5.01. The number of ether oxygens (including phenoxy) is 1. The molecule has 1 N–H and O–H groups in total. The van der Waals surface area contributed by atoms with Crippen LogP contribution in [0.25, 0.3) is 0 Å². The molecule has 2 aromatic rings. The van der Waals surface area contributed by atoms with Crippen molar-refractivity contribution in [3.8, 4) is 11.5 Å². The molecule has 0 aromatic heterocycles. The van der Waals surface area contributed by atoms with E-state index in [1.807, 2.05) is 32.0 Å². The molecule has 0 amide bonds. The molecular weight excluding hydrogens is 253 g/mol. The maximum atomic E-state index is 14.0. The predicted octanol–water partition coefficient (Wildman–Crippen LogP) is 4.52. The van der Waals surface area contributed by atoms with Crippen LogP contribution < -0.4 is 10.1 Å². The lowest BCUT2D eigenvalue weighted by Gasteiger charge is -2.17. The van der Waals surface area contributed by atoms with E-state index >= 15 is 0 Å². The van der Waals surface area contributed by atoms with Crippen LogP contribution in [0, 0.1) is 19.7 Å². The number of rotatable bonds is 4. The molecule has 0 bridgehead atoms. The molecule has 0 spiro atoms. The Balaban J connectivity index is 2.38. The Morgan fingerprint density at radius 3 is 2.50 bits per heavy atom. The van der Waals surface area contributed by atoms with Gasteiger partial charge in [0.15, 0.2) is 0 Å². The zero-order valence-corrected chi connectivity index (χ0v) is 12.3. The summed E-state index contributed by atoms with van der Waals surface area (Å²) >= 11 is 0. The second-order valence-electron chi connectivity index (χ2n) is 5.01. The van der Waals surface area contributed by atoms with E-state index < -0.39 is 0 Å². The molecule has 2 aromatic carbocycles. The Hall–Kier alpha value is -1.87. The highest BCUT2D eigenvalue weighted by Gasteiger charge is 2.16. The Morgan fingerprint density at radius 1 is 1.10 bits per heavy atom. The standard InChI is InChI=1S/C17H20FNO/c1-11-8-9-14(10-12(11)2)20-16-7-5-6-15(18)17(16)13(3)19-4/h5-10,13,19H,1-4H3. The minimum Gasteiger partial charge on any atom is -0.457 e. The van der Waals surface area contributed by atoms with Gasteiger partial charge in [-0.05, 0) is 63.2 Å². The van der Waals surface area contributed by atoms with E-state index in [1.54, 1.807) is 19.2 Å². The first-order valence-electron chi connectivity index (χ1n) is 6.73. The van der Waals surface area contributed by atoms with Crippen LogP contribution in [-0.2, 0) is 0 Å². The summed E-state index contributed by atoms with van der Waals surface area (Å²) in [5, 5.41) is 3.05. The summed E-state index contributed by atoms with van der Waals surface area (Å²) in [7, 11) is 1.80. The van der Waals surface area contributed by atoms with Gasteiger partial charge in [-0.3, -0.25) is 0 Å². The molecule has 0 saturated heterocycles. The fourth-order valence-electron chi connectivity index (χ4n) is 2.08.